The van der Waals surface area contributed by atoms with Gasteiger partial charge in [0, 0.05) is 36.4 Å². The van der Waals surface area contributed by atoms with Gasteiger partial charge in [0.1, 0.15) is 0 Å². The molecule has 0 aromatic rings. The van der Waals surface area contributed by atoms with Crippen molar-refractivity contribution in [2.45, 2.75) is 33.6 Å². The molecule has 0 saturated carbocycles. The molecule has 0 N–H and O–H groups in total. The molecular weight excluding hydrogens is 254 g/mol. The fourth-order valence-electron chi connectivity index (χ4n) is 1.33. The minimum Gasteiger partial charge on any atom is -0.468 e. The third-order valence-electron chi connectivity index (χ3n) is 2.33. The predicted molar refractivity (Wildman–Crippen MR) is 78.0 cm³/mol. The lowest BCUT2D eigenvalue weighted by molar-refractivity contribution is -0.128. The molecule has 0 spiro atoms. The summed E-state index contributed by atoms with van der Waals surface area (Å²) in [6.45, 7) is 8.49. The molecular formula is C12H23NO2S2. The van der Waals surface area contributed by atoms with Crippen molar-refractivity contribution in [1.82, 2.24) is 4.90 Å². The van der Waals surface area contributed by atoms with Gasteiger partial charge in [0.25, 0.3) is 6.47 Å². The van der Waals surface area contributed by atoms with E-state index in [4.69, 9.17) is 4.74 Å². The van der Waals surface area contributed by atoms with Gasteiger partial charge in [-0.3, -0.25) is 4.79 Å². The lowest BCUT2D eigenvalue weighted by Crippen LogP contribution is -2.18. The highest BCUT2D eigenvalue weighted by molar-refractivity contribution is 8.78. The van der Waals surface area contributed by atoms with Gasteiger partial charge in [-0.2, -0.15) is 0 Å². The lowest BCUT2D eigenvalue weighted by atomic mass is 10.3. The quantitative estimate of drug-likeness (QED) is 0.346. The van der Waals surface area contributed by atoms with Crippen molar-refractivity contribution in [2.75, 3.05) is 26.0 Å². The molecule has 0 amide bonds. The minimum atomic E-state index is 0.466. The molecule has 0 fully saturated rings. The van der Waals surface area contributed by atoms with Crippen molar-refractivity contribution in [3.63, 3.8) is 0 Å². The maximum Gasteiger partial charge on any atom is 0.293 e. The van der Waals surface area contributed by atoms with E-state index in [1.165, 1.54) is 10.6 Å². The Kier molecular flexibility index (Phi) is 10.7. The zero-order chi connectivity index (χ0) is 13.1. The summed E-state index contributed by atoms with van der Waals surface area (Å²) in [5, 5.41) is 0. The van der Waals surface area contributed by atoms with Crippen LogP contribution < -0.4 is 0 Å². The lowest BCUT2D eigenvalue weighted by Gasteiger charge is -2.22. The van der Waals surface area contributed by atoms with E-state index in [0.29, 0.717) is 13.1 Å². The highest BCUT2D eigenvalue weighted by Gasteiger charge is 2.08. The molecule has 0 aromatic carbocycles. The summed E-state index contributed by atoms with van der Waals surface area (Å²) in [6, 6.07) is 0. The van der Waals surface area contributed by atoms with Gasteiger partial charge in [-0.25, -0.2) is 0 Å². The van der Waals surface area contributed by atoms with Gasteiger partial charge in [-0.1, -0.05) is 35.4 Å². The van der Waals surface area contributed by atoms with Crippen LogP contribution in [-0.2, 0) is 9.53 Å². The highest BCUT2D eigenvalue weighted by Crippen LogP contribution is 2.34. The molecule has 0 aromatic heterocycles. The molecule has 0 atom stereocenters. The van der Waals surface area contributed by atoms with Crippen molar-refractivity contribution in [2.24, 2.45) is 0 Å². The summed E-state index contributed by atoms with van der Waals surface area (Å²) < 4.78 is 4.78. The van der Waals surface area contributed by atoms with Crippen LogP contribution in [0.5, 0.6) is 0 Å². The molecule has 0 unspecified atom stereocenters. The van der Waals surface area contributed by atoms with Crippen molar-refractivity contribution in [3.8, 4) is 0 Å². The Morgan fingerprint density at radius 1 is 1.41 bits per heavy atom. The average molecular weight is 277 g/mol. The van der Waals surface area contributed by atoms with Crippen LogP contribution in [0.15, 0.2) is 10.6 Å². The van der Waals surface area contributed by atoms with E-state index in [1.54, 1.807) is 10.8 Å². The van der Waals surface area contributed by atoms with Crippen LogP contribution in [0.4, 0.5) is 0 Å². The second-order valence-electron chi connectivity index (χ2n) is 3.64. The molecule has 5 heteroatoms. The number of carbonyl (C=O) groups is 1. The van der Waals surface area contributed by atoms with Gasteiger partial charge >= 0.3 is 0 Å². The van der Waals surface area contributed by atoms with Gasteiger partial charge in [-0.15, -0.1) is 0 Å². The molecule has 17 heavy (non-hydrogen) atoms. The van der Waals surface area contributed by atoms with Crippen LogP contribution in [0.3, 0.4) is 0 Å². The monoisotopic (exact) mass is 277 g/mol. The highest BCUT2D eigenvalue weighted by atomic mass is 33.1. The van der Waals surface area contributed by atoms with Gasteiger partial charge in [-0.05, 0) is 13.3 Å². The number of nitrogens with zero attached hydrogens (tertiary/aromatic N) is 1. The summed E-state index contributed by atoms with van der Waals surface area (Å²) in [7, 11) is 5.73. The van der Waals surface area contributed by atoms with Gasteiger partial charge in [0.05, 0.1) is 6.61 Å². The number of hydrogen-bond donors (Lipinski definition) is 0. The van der Waals surface area contributed by atoms with Gasteiger partial charge in [0.2, 0.25) is 0 Å². The Hall–Kier alpha value is -0.290. The first-order valence-electron chi connectivity index (χ1n) is 5.92. The summed E-state index contributed by atoms with van der Waals surface area (Å²) in [6.07, 6.45) is 1.94. The standard InChI is InChI=1S/C12H23NO2S2/c1-5-8-13(4)11(3)12(17-16-6-2)7-9-15-10-14/h10H,5-9H2,1-4H3/b12-11-. The Bertz CT molecular complexity index is 245. The first-order valence-corrected chi connectivity index (χ1v) is 8.24. The van der Waals surface area contributed by atoms with E-state index in [2.05, 4.69) is 32.7 Å². The predicted octanol–water partition coefficient (Wildman–Crippen LogP) is 3.52. The third-order valence-corrected chi connectivity index (χ3v) is 5.05. The maximum absolute atomic E-state index is 10.1. The Morgan fingerprint density at radius 2 is 2.12 bits per heavy atom. The smallest absolute Gasteiger partial charge is 0.293 e. The van der Waals surface area contributed by atoms with Crippen LogP contribution in [0.2, 0.25) is 0 Å². The van der Waals surface area contributed by atoms with Crippen molar-refractivity contribution >= 4 is 28.1 Å². The van der Waals surface area contributed by atoms with Crippen LogP contribution in [0.1, 0.15) is 33.6 Å². The van der Waals surface area contributed by atoms with Crippen molar-refractivity contribution < 1.29 is 9.53 Å². The van der Waals surface area contributed by atoms with Crippen LogP contribution in [0, 0.1) is 0 Å². The number of ether oxygens (including phenoxy) is 1. The number of carbonyl (C=O) groups excluding carboxylic acids is 1. The van der Waals surface area contributed by atoms with Crippen LogP contribution >= 0.6 is 21.6 Å². The minimum absolute atomic E-state index is 0.466. The molecule has 0 rings (SSSR count). The molecule has 0 aliphatic heterocycles. The maximum atomic E-state index is 10.1. The van der Waals surface area contributed by atoms with E-state index >= 15 is 0 Å². The van der Waals surface area contributed by atoms with Crippen molar-refractivity contribution in [1.29, 1.82) is 0 Å². The number of rotatable bonds is 10. The molecule has 0 aliphatic rings. The summed E-state index contributed by atoms with van der Waals surface area (Å²) in [4.78, 5) is 13.7. The third kappa shape index (κ3) is 7.60. The summed E-state index contributed by atoms with van der Waals surface area (Å²) in [5.74, 6) is 1.08. The molecule has 0 heterocycles. The Morgan fingerprint density at radius 3 is 2.65 bits per heavy atom. The van der Waals surface area contributed by atoms with E-state index in [-0.39, 0.29) is 0 Å². The molecule has 0 bridgehead atoms. The van der Waals surface area contributed by atoms with Crippen molar-refractivity contribution in [3.05, 3.63) is 10.6 Å². The first-order chi connectivity index (χ1) is 8.17. The summed E-state index contributed by atoms with van der Waals surface area (Å²) in [5.41, 5.74) is 1.28. The molecule has 100 valence electrons. The zero-order valence-corrected chi connectivity index (χ0v) is 12.8. The van der Waals surface area contributed by atoms with Gasteiger partial charge in [0.15, 0.2) is 0 Å². The normalized spacial score (nSPS) is 12.0. The number of allylic oxidation sites excluding steroid dienone is 1. The van der Waals surface area contributed by atoms with Crippen LogP contribution in [0.25, 0.3) is 0 Å². The molecule has 0 aliphatic carbocycles. The molecule has 3 nitrogen and oxygen atoms in total. The average Bonchev–Trinajstić information content (AvgIpc) is 2.33. The number of hydrogen-bond acceptors (Lipinski definition) is 5. The van der Waals surface area contributed by atoms with E-state index in [9.17, 15) is 4.79 Å². The molecule has 0 radical (unpaired) electrons. The fourth-order valence-corrected chi connectivity index (χ4v) is 3.42. The fraction of sp³-hybridized carbons (Fsp3) is 0.750. The Balaban J connectivity index is 4.48. The SMILES string of the molecule is CCCN(C)/C(C)=C(/CCOC=O)SSCC. The largest absolute Gasteiger partial charge is 0.468 e. The summed E-state index contributed by atoms with van der Waals surface area (Å²) >= 11 is 0. The topological polar surface area (TPSA) is 29.5 Å². The first kappa shape index (κ1) is 16.7. The zero-order valence-electron chi connectivity index (χ0n) is 11.2. The van der Waals surface area contributed by atoms with E-state index in [1.807, 2.05) is 10.8 Å². The van der Waals surface area contributed by atoms with E-state index in [0.717, 1.165) is 25.1 Å². The Labute approximate surface area is 113 Å². The second kappa shape index (κ2) is 10.8. The van der Waals surface area contributed by atoms with Gasteiger partial charge < -0.3 is 9.64 Å². The molecule has 0 saturated heterocycles. The second-order valence-corrected chi connectivity index (χ2v) is 6.32. The van der Waals surface area contributed by atoms with E-state index < -0.39 is 0 Å². The van der Waals surface area contributed by atoms with Crippen LogP contribution in [-0.4, -0.2) is 37.3 Å².